The lowest BCUT2D eigenvalue weighted by atomic mass is 10.2. The summed E-state index contributed by atoms with van der Waals surface area (Å²) in [5.74, 6) is -1.11. The molecule has 1 fully saturated rings. The van der Waals surface area contributed by atoms with E-state index in [9.17, 15) is 9.59 Å². The van der Waals surface area contributed by atoms with E-state index < -0.39 is 11.2 Å². The first-order valence-electron chi connectivity index (χ1n) is 4.80. The average molecular weight is 247 g/mol. The van der Waals surface area contributed by atoms with Crippen LogP contribution in [0.2, 0.25) is 0 Å². The molecule has 0 aromatic rings. The van der Waals surface area contributed by atoms with E-state index in [0.29, 0.717) is 10.9 Å². The van der Waals surface area contributed by atoms with Gasteiger partial charge in [0.25, 0.3) is 0 Å². The molecule has 1 unspecified atom stereocenters. The Labute approximate surface area is 98.0 Å². The van der Waals surface area contributed by atoms with E-state index >= 15 is 0 Å². The number of aliphatic carboxylic acids is 1. The van der Waals surface area contributed by atoms with E-state index in [2.05, 4.69) is 0 Å². The Hall–Kier alpha value is -0.620. The predicted octanol–water partition coefficient (Wildman–Crippen LogP) is 1.49. The Bertz CT molecular complexity index is 293. The summed E-state index contributed by atoms with van der Waals surface area (Å²) in [6, 6.07) is 0. The molecule has 0 radical (unpaired) electrons. The van der Waals surface area contributed by atoms with Crippen molar-refractivity contribution in [3.8, 4) is 0 Å². The minimum absolute atomic E-state index is 0.147. The molecule has 4 nitrogen and oxygen atoms in total. The van der Waals surface area contributed by atoms with E-state index in [0.717, 1.165) is 12.8 Å². The molecule has 84 valence electrons. The van der Waals surface area contributed by atoms with Crippen LogP contribution in [-0.4, -0.2) is 38.0 Å². The van der Waals surface area contributed by atoms with Crippen LogP contribution in [0, 0.1) is 0 Å². The van der Waals surface area contributed by atoms with Gasteiger partial charge in [0.2, 0.25) is 5.91 Å². The number of thiocarbonyl (C=S) groups is 1. The van der Waals surface area contributed by atoms with Crippen LogP contribution in [0.5, 0.6) is 0 Å². The first kappa shape index (κ1) is 12.4. The number of nitrogens with zero attached hydrogens (tertiary/aromatic N) is 1. The van der Waals surface area contributed by atoms with E-state index in [1.54, 1.807) is 0 Å². The van der Waals surface area contributed by atoms with Gasteiger partial charge in [0, 0.05) is 6.54 Å². The Morgan fingerprint density at radius 1 is 1.67 bits per heavy atom. The molecule has 0 bridgehead atoms. The van der Waals surface area contributed by atoms with Gasteiger partial charge in [-0.15, -0.1) is 0 Å². The number of amides is 1. The van der Waals surface area contributed by atoms with Crippen molar-refractivity contribution >= 4 is 40.2 Å². The lowest BCUT2D eigenvalue weighted by Crippen LogP contribution is -2.32. The molecule has 1 amide bonds. The van der Waals surface area contributed by atoms with Gasteiger partial charge < -0.3 is 5.11 Å². The molecule has 0 aromatic heterocycles. The first-order valence-corrected chi connectivity index (χ1v) is 6.08. The van der Waals surface area contributed by atoms with Gasteiger partial charge in [-0.3, -0.25) is 14.5 Å². The minimum Gasteiger partial charge on any atom is -0.481 e. The lowest BCUT2D eigenvalue weighted by molar-refractivity contribution is -0.139. The van der Waals surface area contributed by atoms with Crippen molar-refractivity contribution in [2.24, 2.45) is 0 Å². The van der Waals surface area contributed by atoms with Crippen LogP contribution < -0.4 is 0 Å². The number of rotatable bonds is 5. The Balaban J connectivity index is 2.58. The van der Waals surface area contributed by atoms with Crippen molar-refractivity contribution < 1.29 is 14.7 Å². The molecule has 0 aliphatic carbocycles. The summed E-state index contributed by atoms with van der Waals surface area (Å²) in [7, 11) is 0. The average Bonchev–Trinajstić information content (AvgIpc) is 2.39. The number of hydrogen-bond donors (Lipinski definition) is 1. The number of unbranched alkanes of at least 4 members (excludes halogenated alkanes) is 1. The van der Waals surface area contributed by atoms with Crippen molar-refractivity contribution in [1.29, 1.82) is 0 Å². The molecular formula is C9H13NO3S2. The number of thioether (sulfide) groups is 1. The second kappa shape index (κ2) is 5.46. The molecule has 1 aliphatic rings. The lowest BCUT2D eigenvalue weighted by Gasteiger charge is -2.14. The quantitative estimate of drug-likeness (QED) is 0.746. The number of hydrogen-bond acceptors (Lipinski definition) is 4. The SMILES string of the molecule is CCCCN1C(=O)C(CC(=O)O)SC1=S. The fourth-order valence-corrected chi connectivity index (χ4v) is 2.84. The highest BCUT2D eigenvalue weighted by atomic mass is 32.2. The Morgan fingerprint density at radius 2 is 2.33 bits per heavy atom. The second-order valence-corrected chi connectivity index (χ2v) is 5.15. The maximum atomic E-state index is 11.7. The van der Waals surface area contributed by atoms with Crippen LogP contribution in [0.3, 0.4) is 0 Å². The molecule has 0 spiro atoms. The molecule has 1 aliphatic heterocycles. The van der Waals surface area contributed by atoms with Crippen LogP contribution in [0.25, 0.3) is 0 Å². The maximum absolute atomic E-state index is 11.7. The fraction of sp³-hybridized carbons (Fsp3) is 0.667. The zero-order valence-corrected chi connectivity index (χ0v) is 10.1. The van der Waals surface area contributed by atoms with E-state index in [1.807, 2.05) is 6.92 Å². The van der Waals surface area contributed by atoms with Gasteiger partial charge in [-0.05, 0) is 6.42 Å². The highest BCUT2D eigenvalue weighted by Gasteiger charge is 2.37. The van der Waals surface area contributed by atoms with Crippen molar-refractivity contribution in [3.63, 3.8) is 0 Å². The van der Waals surface area contributed by atoms with Crippen LogP contribution >= 0.6 is 24.0 Å². The number of carbonyl (C=O) groups is 2. The van der Waals surface area contributed by atoms with Gasteiger partial charge in [0.05, 0.1) is 6.42 Å². The summed E-state index contributed by atoms with van der Waals surface area (Å²) in [4.78, 5) is 23.7. The molecule has 0 aromatic carbocycles. The third kappa shape index (κ3) is 3.17. The normalized spacial score (nSPS) is 21.1. The topological polar surface area (TPSA) is 57.6 Å². The highest BCUT2D eigenvalue weighted by Crippen LogP contribution is 2.29. The van der Waals surface area contributed by atoms with Crippen molar-refractivity contribution in [2.45, 2.75) is 31.4 Å². The number of carboxylic acids is 1. The molecule has 6 heteroatoms. The summed E-state index contributed by atoms with van der Waals surface area (Å²) in [6.45, 7) is 2.64. The predicted molar refractivity (Wildman–Crippen MR) is 62.9 cm³/mol. The highest BCUT2D eigenvalue weighted by molar-refractivity contribution is 8.24. The van der Waals surface area contributed by atoms with Gasteiger partial charge >= 0.3 is 5.97 Å². The van der Waals surface area contributed by atoms with Crippen molar-refractivity contribution in [3.05, 3.63) is 0 Å². The molecule has 1 rings (SSSR count). The van der Waals surface area contributed by atoms with Crippen LogP contribution in [0.4, 0.5) is 0 Å². The third-order valence-electron chi connectivity index (χ3n) is 2.10. The van der Waals surface area contributed by atoms with E-state index in [4.69, 9.17) is 17.3 Å². The minimum atomic E-state index is -0.957. The van der Waals surface area contributed by atoms with Gasteiger partial charge in [-0.1, -0.05) is 37.3 Å². The van der Waals surface area contributed by atoms with Gasteiger partial charge in [-0.2, -0.15) is 0 Å². The summed E-state index contributed by atoms with van der Waals surface area (Å²) in [5, 5.41) is 8.09. The van der Waals surface area contributed by atoms with E-state index in [-0.39, 0.29) is 12.3 Å². The molecule has 1 atom stereocenters. The van der Waals surface area contributed by atoms with Gasteiger partial charge in [0.15, 0.2) is 0 Å². The summed E-state index contributed by atoms with van der Waals surface area (Å²) in [5.41, 5.74) is 0. The van der Waals surface area contributed by atoms with Crippen molar-refractivity contribution in [1.82, 2.24) is 4.90 Å². The molecule has 1 saturated heterocycles. The summed E-state index contributed by atoms with van der Waals surface area (Å²) < 4.78 is 0.514. The van der Waals surface area contributed by atoms with Crippen LogP contribution in [0.1, 0.15) is 26.2 Å². The standard InChI is InChI=1S/C9H13NO3S2/c1-2-3-4-10-8(13)6(5-7(11)12)15-9(10)14/h6H,2-5H2,1H3,(H,11,12). The monoisotopic (exact) mass is 247 g/mol. The molecule has 1 heterocycles. The summed E-state index contributed by atoms with van der Waals surface area (Å²) >= 11 is 6.22. The Morgan fingerprint density at radius 3 is 2.87 bits per heavy atom. The molecular weight excluding hydrogens is 234 g/mol. The third-order valence-corrected chi connectivity index (χ3v) is 3.68. The zero-order chi connectivity index (χ0) is 11.4. The number of carboxylic acid groups (broad SMARTS) is 1. The van der Waals surface area contributed by atoms with Crippen LogP contribution in [0.15, 0.2) is 0 Å². The fourth-order valence-electron chi connectivity index (χ4n) is 1.30. The summed E-state index contributed by atoms with van der Waals surface area (Å²) in [6.07, 6.45) is 1.74. The van der Waals surface area contributed by atoms with Gasteiger partial charge in [0.1, 0.15) is 9.57 Å². The van der Waals surface area contributed by atoms with Gasteiger partial charge in [-0.25, -0.2) is 0 Å². The molecule has 1 N–H and O–H groups in total. The first-order chi connectivity index (χ1) is 7.06. The molecule has 15 heavy (non-hydrogen) atoms. The number of carbonyl (C=O) groups excluding carboxylic acids is 1. The second-order valence-electron chi connectivity index (χ2n) is 3.31. The smallest absolute Gasteiger partial charge is 0.305 e. The van der Waals surface area contributed by atoms with Crippen LogP contribution in [-0.2, 0) is 9.59 Å². The largest absolute Gasteiger partial charge is 0.481 e. The molecule has 0 saturated carbocycles. The zero-order valence-electron chi connectivity index (χ0n) is 8.43. The Kier molecular flexibility index (Phi) is 4.53. The van der Waals surface area contributed by atoms with Crippen molar-refractivity contribution in [2.75, 3.05) is 6.54 Å². The van der Waals surface area contributed by atoms with E-state index in [1.165, 1.54) is 16.7 Å². The maximum Gasteiger partial charge on any atom is 0.305 e.